The van der Waals surface area contributed by atoms with Crippen molar-refractivity contribution in [1.29, 1.82) is 5.26 Å². The van der Waals surface area contributed by atoms with Gasteiger partial charge in [0.05, 0.1) is 24.8 Å². The van der Waals surface area contributed by atoms with E-state index in [2.05, 4.69) is 46.8 Å². The van der Waals surface area contributed by atoms with Crippen LogP contribution in [-0.2, 0) is 26.1 Å². The fourth-order valence-corrected chi connectivity index (χ4v) is 3.52. The van der Waals surface area contributed by atoms with Crippen LogP contribution < -0.4 is 0 Å². The highest BCUT2D eigenvalue weighted by Crippen LogP contribution is 2.23. The average Bonchev–Trinajstić information content (AvgIpc) is 3.18. The number of halogens is 1. The fraction of sp³-hybridized carbons (Fsp3) is 0.400. The number of hydrogen-bond donors (Lipinski definition) is 1. The van der Waals surface area contributed by atoms with Crippen LogP contribution in [0.3, 0.4) is 0 Å². The van der Waals surface area contributed by atoms with Gasteiger partial charge in [-0.1, -0.05) is 31.0 Å². The molecule has 0 aliphatic carbocycles. The molecule has 1 aromatic carbocycles. The Morgan fingerprint density at radius 2 is 2.15 bits per heavy atom. The standard InChI is InChI=1S/C20H23ClN4O/c1-2-3-5-19-23-20(21)18(14-26)25(19)13-15-6-7-17-16(12-15)8-11-24(17)10-4-9-22/h6-8,11-12,26H,2-5,10,13-14H2,1H3. The Hall–Kier alpha value is -2.29. The lowest BCUT2D eigenvalue weighted by atomic mass is 10.1. The lowest BCUT2D eigenvalue weighted by Crippen LogP contribution is -2.09. The first kappa shape index (κ1) is 18.5. The minimum Gasteiger partial charge on any atom is -0.390 e. The van der Waals surface area contributed by atoms with E-state index in [1.165, 1.54) is 0 Å². The predicted molar refractivity (Wildman–Crippen MR) is 103 cm³/mol. The number of nitrogens with zero attached hydrogens (tertiary/aromatic N) is 4. The molecule has 6 heteroatoms. The summed E-state index contributed by atoms with van der Waals surface area (Å²) in [6.07, 6.45) is 5.49. The molecule has 3 rings (SSSR count). The van der Waals surface area contributed by atoms with E-state index in [1.807, 2.05) is 10.8 Å². The number of benzene rings is 1. The van der Waals surface area contributed by atoms with Crippen molar-refractivity contribution in [1.82, 2.24) is 14.1 Å². The van der Waals surface area contributed by atoms with Crippen LogP contribution >= 0.6 is 11.6 Å². The summed E-state index contributed by atoms with van der Waals surface area (Å²) in [7, 11) is 0. The summed E-state index contributed by atoms with van der Waals surface area (Å²) in [6, 6.07) is 10.6. The highest BCUT2D eigenvalue weighted by molar-refractivity contribution is 6.30. The molecule has 5 nitrogen and oxygen atoms in total. The number of rotatable bonds is 8. The highest BCUT2D eigenvalue weighted by Gasteiger charge is 2.15. The highest BCUT2D eigenvalue weighted by atomic mass is 35.5. The Balaban J connectivity index is 1.90. The molecule has 0 amide bonds. The van der Waals surface area contributed by atoms with Gasteiger partial charge in [-0.3, -0.25) is 0 Å². The zero-order valence-corrected chi connectivity index (χ0v) is 15.7. The molecule has 0 saturated heterocycles. The Morgan fingerprint density at radius 3 is 2.88 bits per heavy atom. The summed E-state index contributed by atoms with van der Waals surface area (Å²) >= 11 is 6.22. The lowest BCUT2D eigenvalue weighted by Gasteiger charge is -2.12. The molecule has 26 heavy (non-hydrogen) atoms. The summed E-state index contributed by atoms with van der Waals surface area (Å²) in [5.41, 5.74) is 2.93. The molecule has 3 aromatic rings. The molecule has 0 saturated carbocycles. The second-order valence-corrected chi connectivity index (χ2v) is 6.78. The minimum absolute atomic E-state index is 0.120. The van der Waals surface area contributed by atoms with Crippen LogP contribution in [-0.4, -0.2) is 19.2 Å². The van der Waals surface area contributed by atoms with Crippen molar-refractivity contribution >= 4 is 22.5 Å². The number of aliphatic hydroxyl groups excluding tert-OH is 1. The van der Waals surface area contributed by atoms with E-state index < -0.39 is 0 Å². The van der Waals surface area contributed by atoms with E-state index in [-0.39, 0.29) is 6.61 Å². The Labute approximate surface area is 158 Å². The number of fused-ring (bicyclic) bond motifs is 1. The third-order valence-corrected chi connectivity index (χ3v) is 4.95. The third kappa shape index (κ3) is 3.77. The van der Waals surface area contributed by atoms with Gasteiger partial charge in [0.2, 0.25) is 0 Å². The molecule has 0 atom stereocenters. The van der Waals surface area contributed by atoms with Gasteiger partial charge in [-0.2, -0.15) is 5.26 Å². The summed E-state index contributed by atoms with van der Waals surface area (Å²) < 4.78 is 4.13. The van der Waals surface area contributed by atoms with Crippen LogP contribution in [0.4, 0.5) is 0 Å². The largest absolute Gasteiger partial charge is 0.390 e. The number of nitriles is 1. The zero-order valence-electron chi connectivity index (χ0n) is 15.0. The number of imidazole rings is 1. The lowest BCUT2D eigenvalue weighted by molar-refractivity contribution is 0.271. The maximum Gasteiger partial charge on any atom is 0.152 e. The van der Waals surface area contributed by atoms with E-state index in [4.69, 9.17) is 16.9 Å². The molecule has 2 heterocycles. The molecule has 0 unspecified atom stereocenters. The van der Waals surface area contributed by atoms with Crippen molar-refractivity contribution in [3.8, 4) is 6.07 Å². The summed E-state index contributed by atoms with van der Waals surface area (Å²) in [5, 5.41) is 20.0. The van der Waals surface area contributed by atoms with E-state index in [9.17, 15) is 5.11 Å². The van der Waals surface area contributed by atoms with Gasteiger partial charge < -0.3 is 14.2 Å². The first-order valence-electron chi connectivity index (χ1n) is 8.97. The molecule has 0 aliphatic rings. The summed E-state index contributed by atoms with van der Waals surface area (Å²) in [4.78, 5) is 4.45. The molecule has 0 fully saturated rings. The normalized spacial score (nSPS) is 11.2. The molecular weight excluding hydrogens is 348 g/mol. The Morgan fingerprint density at radius 1 is 1.31 bits per heavy atom. The second-order valence-electron chi connectivity index (χ2n) is 6.42. The van der Waals surface area contributed by atoms with Crippen molar-refractivity contribution in [2.75, 3.05) is 0 Å². The van der Waals surface area contributed by atoms with Crippen molar-refractivity contribution in [3.05, 3.63) is 52.7 Å². The molecule has 0 aliphatic heterocycles. The van der Waals surface area contributed by atoms with Crippen LogP contribution in [0.1, 0.15) is 43.3 Å². The van der Waals surface area contributed by atoms with Gasteiger partial charge in [0.15, 0.2) is 5.15 Å². The Kier molecular flexibility index (Phi) is 5.97. The maximum atomic E-state index is 9.70. The van der Waals surface area contributed by atoms with Crippen LogP contribution in [0.25, 0.3) is 10.9 Å². The Bertz CT molecular complexity index is 935. The van der Waals surface area contributed by atoms with Crippen molar-refractivity contribution in [3.63, 3.8) is 0 Å². The van der Waals surface area contributed by atoms with Gasteiger partial charge in [-0.05, 0) is 35.6 Å². The molecular formula is C20H23ClN4O. The van der Waals surface area contributed by atoms with Crippen LogP contribution in [0.5, 0.6) is 0 Å². The zero-order chi connectivity index (χ0) is 18.5. The summed E-state index contributed by atoms with van der Waals surface area (Å²) in [5.74, 6) is 0.924. The van der Waals surface area contributed by atoms with Crippen LogP contribution in [0, 0.1) is 11.3 Å². The third-order valence-electron chi connectivity index (χ3n) is 4.65. The van der Waals surface area contributed by atoms with Crippen molar-refractivity contribution in [2.24, 2.45) is 0 Å². The molecule has 0 bridgehead atoms. The second kappa shape index (κ2) is 8.39. The maximum absolute atomic E-state index is 9.70. The van der Waals surface area contributed by atoms with E-state index in [0.29, 0.717) is 30.4 Å². The van der Waals surface area contributed by atoms with Crippen LogP contribution in [0.15, 0.2) is 30.5 Å². The SMILES string of the molecule is CCCCc1nc(Cl)c(CO)n1Cc1ccc2c(ccn2CCC#N)c1. The van der Waals surface area contributed by atoms with E-state index in [1.54, 1.807) is 0 Å². The van der Waals surface area contributed by atoms with Gasteiger partial charge >= 0.3 is 0 Å². The average molecular weight is 371 g/mol. The number of unbranched alkanes of at least 4 members (excludes halogenated alkanes) is 1. The molecule has 0 radical (unpaired) electrons. The molecule has 0 spiro atoms. The van der Waals surface area contributed by atoms with Gasteiger partial charge in [0.25, 0.3) is 0 Å². The van der Waals surface area contributed by atoms with Gasteiger partial charge in [-0.25, -0.2) is 4.98 Å². The summed E-state index contributed by atoms with van der Waals surface area (Å²) in [6.45, 7) is 3.36. The molecule has 2 aromatic heterocycles. The first-order chi connectivity index (χ1) is 12.7. The quantitative estimate of drug-likeness (QED) is 0.643. The van der Waals surface area contributed by atoms with Gasteiger partial charge in [-0.15, -0.1) is 0 Å². The first-order valence-corrected chi connectivity index (χ1v) is 9.35. The van der Waals surface area contributed by atoms with Gasteiger partial charge in [0, 0.05) is 31.2 Å². The number of aryl methyl sites for hydroxylation is 2. The van der Waals surface area contributed by atoms with Crippen LogP contribution in [0.2, 0.25) is 5.15 Å². The topological polar surface area (TPSA) is 66.8 Å². The number of hydrogen-bond acceptors (Lipinski definition) is 3. The smallest absolute Gasteiger partial charge is 0.152 e. The number of aliphatic hydroxyl groups is 1. The molecule has 1 N–H and O–H groups in total. The van der Waals surface area contributed by atoms with Crippen molar-refractivity contribution < 1.29 is 5.11 Å². The van der Waals surface area contributed by atoms with Crippen molar-refractivity contribution in [2.45, 2.75) is 52.3 Å². The van der Waals surface area contributed by atoms with Gasteiger partial charge in [0.1, 0.15) is 5.82 Å². The van der Waals surface area contributed by atoms with E-state index in [0.717, 1.165) is 41.6 Å². The predicted octanol–water partition coefficient (Wildman–Crippen LogP) is 4.29. The monoisotopic (exact) mass is 370 g/mol. The number of aromatic nitrogens is 3. The van der Waals surface area contributed by atoms with E-state index >= 15 is 0 Å². The fourth-order valence-electron chi connectivity index (χ4n) is 3.26. The minimum atomic E-state index is -0.120. The molecule has 136 valence electrons.